The smallest absolute Gasteiger partial charge is 0.222 e. The summed E-state index contributed by atoms with van der Waals surface area (Å²) >= 11 is 1.69. The number of nitrogens with zero attached hydrogens (tertiary/aromatic N) is 2. The van der Waals surface area contributed by atoms with Crippen molar-refractivity contribution in [2.75, 3.05) is 0 Å². The second kappa shape index (κ2) is 6.94. The first-order valence-corrected chi connectivity index (χ1v) is 9.18. The second-order valence-electron chi connectivity index (χ2n) is 5.15. The Labute approximate surface area is 144 Å². The second-order valence-corrected chi connectivity index (χ2v) is 6.77. The zero-order valence-corrected chi connectivity index (χ0v) is 14.0. The number of hydrogen-bond acceptors (Lipinski definition) is 6. The lowest BCUT2D eigenvalue weighted by molar-refractivity contribution is -2.00. The molecule has 1 aromatic carbocycles. The Hall–Kier alpha value is -1.87. The number of benzene rings is 1. The molecule has 0 amide bonds. The molecule has 1 aliphatic rings. The predicted molar refractivity (Wildman–Crippen MR) is 77.9 cm³/mol. The van der Waals surface area contributed by atoms with Crippen LogP contribution in [0.1, 0.15) is 23.2 Å². The summed E-state index contributed by atoms with van der Waals surface area (Å²) in [4.78, 5) is 5.58. The Morgan fingerprint density at radius 3 is 2.50 bits per heavy atom. The van der Waals surface area contributed by atoms with Gasteiger partial charge < -0.3 is 0 Å². The molecule has 0 N–H and O–H groups in total. The van der Waals surface area contributed by atoms with Gasteiger partial charge >= 0.3 is 4.96 Å². The van der Waals surface area contributed by atoms with E-state index in [0.29, 0.717) is 0 Å². The van der Waals surface area contributed by atoms with Gasteiger partial charge in [-0.25, -0.2) is 18.6 Å². The topological polar surface area (TPSA) is 109 Å². The first-order valence-electron chi connectivity index (χ1n) is 7.06. The average molecular weight is 365 g/mol. The molecule has 0 saturated heterocycles. The Bertz CT molecular complexity index is 869. The van der Waals surface area contributed by atoms with Crippen LogP contribution in [-0.4, -0.2) is 4.98 Å². The van der Waals surface area contributed by atoms with Crippen molar-refractivity contribution in [1.82, 2.24) is 4.98 Å². The van der Waals surface area contributed by atoms with Crippen LogP contribution in [0.3, 0.4) is 0 Å². The molecule has 0 radical (unpaired) electrons. The van der Waals surface area contributed by atoms with Crippen LogP contribution in [0.2, 0.25) is 0 Å². The Balaban J connectivity index is 0.000000300. The minimum Gasteiger partial charge on any atom is -0.222 e. The largest absolute Gasteiger partial charge is 0.387 e. The molecule has 6 nitrogen and oxygen atoms in total. The van der Waals surface area contributed by atoms with E-state index >= 15 is 0 Å². The fourth-order valence-electron chi connectivity index (χ4n) is 2.71. The maximum Gasteiger partial charge on any atom is 0.387 e. The van der Waals surface area contributed by atoms with E-state index in [0.717, 1.165) is 17.8 Å². The van der Waals surface area contributed by atoms with Gasteiger partial charge in [-0.3, -0.25) is 0 Å². The highest BCUT2D eigenvalue weighted by molar-refractivity contribution is 7.14. The molecule has 0 unspecified atom stereocenters. The summed E-state index contributed by atoms with van der Waals surface area (Å²) in [6.45, 7) is 0. The van der Waals surface area contributed by atoms with Crippen molar-refractivity contribution >= 4 is 27.9 Å². The molecule has 3 aromatic rings. The Kier molecular flexibility index (Phi) is 4.91. The zero-order chi connectivity index (χ0) is 17.2. The van der Waals surface area contributed by atoms with Gasteiger partial charge in [0.2, 0.25) is 0 Å². The molecule has 24 heavy (non-hydrogen) atoms. The SMILES string of the molecule is C(=C1CCc2cnc3scc[n+]3c21)c1ccccc1.[O-][Cl+3]([O-])([O-])[O-]. The van der Waals surface area contributed by atoms with E-state index in [9.17, 15) is 0 Å². The highest BCUT2D eigenvalue weighted by Crippen LogP contribution is 2.31. The van der Waals surface area contributed by atoms with Gasteiger partial charge in [0.15, 0.2) is 0 Å². The van der Waals surface area contributed by atoms with Gasteiger partial charge in [-0.05, 0) is 29.5 Å². The van der Waals surface area contributed by atoms with Gasteiger partial charge in [0, 0.05) is 16.5 Å². The van der Waals surface area contributed by atoms with Crippen LogP contribution >= 0.6 is 11.3 Å². The highest BCUT2D eigenvalue weighted by atomic mass is 35.7. The fourth-order valence-corrected chi connectivity index (χ4v) is 3.39. The summed E-state index contributed by atoms with van der Waals surface area (Å²) in [5.41, 5.74) is 5.39. The number of rotatable bonds is 1. The van der Waals surface area contributed by atoms with Crippen molar-refractivity contribution in [2.45, 2.75) is 12.8 Å². The third kappa shape index (κ3) is 4.15. The van der Waals surface area contributed by atoms with Crippen LogP contribution in [0.15, 0.2) is 48.1 Å². The van der Waals surface area contributed by atoms with Crippen LogP contribution in [0.5, 0.6) is 0 Å². The lowest BCUT2D eigenvalue weighted by atomic mass is 10.1. The van der Waals surface area contributed by atoms with Gasteiger partial charge in [-0.1, -0.05) is 41.7 Å². The molecular weight excluding hydrogens is 352 g/mol. The molecule has 0 saturated carbocycles. The maximum atomic E-state index is 8.49. The van der Waals surface area contributed by atoms with E-state index in [1.807, 2.05) is 6.20 Å². The minimum absolute atomic E-state index is 1.07. The van der Waals surface area contributed by atoms with E-state index in [1.165, 1.54) is 22.4 Å². The molecule has 1 aliphatic carbocycles. The summed E-state index contributed by atoms with van der Waals surface area (Å²) in [6, 6.07) is 10.5. The van der Waals surface area contributed by atoms with Crippen molar-refractivity contribution in [3.63, 3.8) is 0 Å². The van der Waals surface area contributed by atoms with E-state index in [-0.39, 0.29) is 0 Å². The number of hydrogen-bond donors (Lipinski definition) is 0. The lowest BCUT2D eigenvalue weighted by Gasteiger charge is -2.17. The molecule has 0 aliphatic heterocycles. The monoisotopic (exact) mass is 364 g/mol. The molecule has 8 heteroatoms. The summed E-state index contributed by atoms with van der Waals surface area (Å²) in [5, 5.41) is 2.10. The summed E-state index contributed by atoms with van der Waals surface area (Å²) < 4.78 is 36.2. The van der Waals surface area contributed by atoms with Crippen LogP contribution in [0, 0.1) is 10.2 Å². The Morgan fingerprint density at radius 1 is 1.08 bits per heavy atom. The molecule has 4 rings (SSSR count). The van der Waals surface area contributed by atoms with Crippen LogP contribution in [0.25, 0.3) is 16.6 Å². The van der Waals surface area contributed by atoms with Crippen LogP contribution < -0.4 is 23.0 Å². The van der Waals surface area contributed by atoms with Crippen molar-refractivity contribution in [1.29, 1.82) is 0 Å². The molecule has 124 valence electrons. The minimum atomic E-state index is -4.94. The summed E-state index contributed by atoms with van der Waals surface area (Å²) in [7, 11) is -4.94. The van der Waals surface area contributed by atoms with Gasteiger partial charge in [0.1, 0.15) is 18.1 Å². The highest BCUT2D eigenvalue weighted by Gasteiger charge is 2.25. The molecule has 0 bridgehead atoms. The zero-order valence-electron chi connectivity index (χ0n) is 12.4. The average Bonchev–Trinajstić information content (AvgIpc) is 3.12. The molecule has 2 aromatic heterocycles. The van der Waals surface area contributed by atoms with Gasteiger partial charge in [0.25, 0.3) is 0 Å². The molecule has 0 spiro atoms. The van der Waals surface area contributed by atoms with Crippen LogP contribution in [-0.2, 0) is 6.42 Å². The number of aromatic nitrogens is 2. The third-order valence-corrected chi connectivity index (χ3v) is 4.34. The maximum absolute atomic E-state index is 8.49. The standard InChI is InChI=1S/C16H13N2S.ClHO4/c1-2-4-12(5-3-1)10-13-6-7-14-11-17-16-18(15(13)14)8-9-19-16;2-1(3,4)5/h1-5,8-11H,6-7H2;(H,2,3,4,5)/q+1;/p-1. The van der Waals surface area contributed by atoms with E-state index in [2.05, 4.69) is 57.4 Å². The molecule has 2 heterocycles. The van der Waals surface area contributed by atoms with Crippen molar-refractivity contribution < 1.29 is 33.3 Å². The predicted octanol–water partition coefficient (Wildman–Crippen LogP) is -1.39. The molecule has 0 atom stereocenters. The van der Waals surface area contributed by atoms with E-state index < -0.39 is 10.2 Å². The molecular formula is C16H13ClN2O4S. The number of thiazole rings is 1. The van der Waals surface area contributed by atoms with Gasteiger partial charge in [-0.2, -0.15) is 4.40 Å². The van der Waals surface area contributed by atoms with E-state index in [4.69, 9.17) is 18.6 Å². The quantitative estimate of drug-likeness (QED) is 0.494. The van der Waals surface area contributed by atoms with E-state index in [1.54, 1.807) is 11.3 Å². The number of halogens is 1. The van der Waals surface area contributed by atoms with Gasteiger partial charge in [-0.15, -0.1) is 10.2 Å². The lowest BCUT2D eigenvalue weighted by Crippen LogP contribution is -2.68. The number of fused-ring (bicyclic) bond motifs is 3. The van der Waals surface area contributed by atoms with Crippen molar-refractivity contribution in [3.8, 4) is 0 Å². The van der Waals surface area contributed by atoms with Crippen molar-refractivity contribution in [2.24, 2.45) is 0 Å². The van der Waals surface area contributed by atoms with Gasteiger partial charge in [0.05, 0.1) is 0 Å². The Morgan fingerprint density at radius 2 is 1.79 bits per heavy atom. The van der Waals surface area contributed by atoms with Crippen molar-refractivity contribution in [3.05, 3.63) is 64.9 Å². The summed E-state index contributed by atoms with van der Waals surface area (Å²) in [6.07, 6.45) is 8.66. The normalized spacial score (nSPS) is 15.2. The molecule has 0 fully saturated rings. The fraction of sp³-hybridized carbons (Fsp3) is 0.125. The summed E-state index contributed by atoms with van der Waals surface area (Å²) in [5.74, 6) is 0. The number of allylic oxidation sites excluding steroid dienone is 1. The van der Waals surface area contributed by atoms with Crippen LogP contribution in [0.4, 0.5) is 0 Å². The first kappa shape index (κ1) is 17.0. The number of aryl methyl sites for hydroxylation is 1. The first-order chi connectivity index (χ1) is 11.4. The third-order valence-electron chi connectivity index (χ3n) is 3.57.